The second-order valence-electron chi connectivity index (χ2n) is 6.49. The summed E-state index contributed by atoms with van der Waals surface area (Å²) in [5, 5.41) is 4.85. The molecule has 0 saturated heterocycles. The Morgan fingerprint density at radius 1 is 1.27 bits per heavy atom. The fourth-order valence-electron chi connectivity index (χ4n) is 3.20. The van der Waals surface area contributed by atoms with Crippen LogP contribution in [-0.4, -0.2) is 21.6 Å². The van der Waals surface area contributed by atoms with Crippen LogP contribution < -0.4 is 11.0 Å². The van der Waals surface area contributed by atoms with Gasteiger partial charge in [0.05, 0.1) is 11.8 Å². The van der Waals surface area contributed by atoms with E-state index in [2.05, 4.69) is 32.6 Å². The second-order valence-corrected chi connectivity index (χ2v) is 7.69. The molecule has 132 valence electrons. The molecule has 2 aromatic heterocycles. The minimum absolute atomic E-state index is 0.00902. The van der Waals surface area contributed by atoms with Gasteiger partial charge >= 0.3 is 0 Å². The molecule has 3 aromatic rings. The quantitative estimate of drug-likeness (QED) is 0.698. The van der Waals surface area contributed by atoms with Gasteiger partial charge in [-0.05, 0) is 30.5 Å². The molecule has 4 rings (SSSR count). The molecule has 26 heavy (non-hydrogen) atoms. The van der Waals surface area contributed by atoms with Gasteiger partial charge in [0.2, 0.25) is 5.91 Å². The normalized spacial score (nSPS) is 13.1. The molecule has 1 aliphatic carbocycles. The zero-order chi connectivity index (χ0) is 18.3. The summed E-state index contributed by atoms with van der Waals surface area (Å²) in [5.41, 5.74) is 6.76. The van der Waals surface area contributed by atoms with Crippen LogP contribution in [0.3, 0.4) is 0 Å². The Morgan fingerprint density at radius 2 is 1.96 bits per heavy atom. The van der Waals surface area contributed by atoms with Gasteiger partial charge in [-0.1, -0.05) is 24.3 Å². The third-order valence-electron chi connectivity index (χ3n) is 4.66. The summed E-state index contributed by atoms with van der Waals surface area (Å²) >= 11 is 1.47. The summed E-state index contributed by atoms with van der Waals surface area (Å²) in [4.78, 5) is 33.3. The Morgan fingerprint density at radius 3 is 2.65 bits per heavy atom. The number of H-pyrrole nitrogens is 1. The van der Waals surface area contributed by atoms with E-state index in [0.29, 0.717) is 16.0 Å². The number of carbonyl (C=O) groups is 1. The summed E-state index contributed by atoms with van der Waals surface area (Å²) in [6, 6.07) is 8.17. The van der Waals surface area contributed by atoms with Gasteiger partial charge in [-0.25, -0.2) is 10.4 Å². The number of hydrazone groups is 1. The van der Waals surface area contributed by atoms with E-state index in [1.165, 1.54) is 22.5 Å². The minimum Gasteiger partial charge on any atom is -0.309 e. The van der Waals surface area contributed by atoms with Crippen molar-refractivity contribution < 1.29 is 4.79 Å². The first-order valence-electron chi connectivity index (χ1n) is 8.41. The lowest BCUT2D eigenvalue weighted by Crippen LogP contribution is -2.24. The third kappa shape index (κ3) is 3.06. The van der Waals surface area contributed by atoms with Crippen molar-refractivity contribution in [2.24, 2.45) is 5.10 Å². The number of hydrogen-bond donors (Lipinski definition) is 2. The third-order valence-corrected chi connectivity index (χ3v) is 5.76. The molecule has 0 unspecified atom stereocenters. The number of carbonyl (C=O) groups excluding carboxylic acids is 1. The van der Waals surface area contributed by atoms with Crippen LogP contribution in [0.15, 0.2) is 34.2 Å². The molecule has 0 aliphatic heterocycles. The van der Waals surface area contributed by atoms with Gasteiger partial charge < -0.3 is 4.98 Å². The van der Waals surface area contributed by atoms with E-state index in [1.807, 2.05) is 26.0 Å². The standard InChI is InChI=1S/C19H18N4O2S/c1-10-11(2)26-19-17(10)18(25)20-15(21-19)9-16(24)23-22-14-7-12-5-3-4-6-13(12)8-14/h3-6H,7-9H2,1-2H3,(H,23,24)(H,20,21,25). The number of rotatable bonds is 3. The molecule has 2 heterocycles. The monoisotopic (exact) mass is 366 g/mol. The van der Waals surface area contributed by atoms with Crippen LogP contribution in [0.1, 0.15) is 27.4 Å². The van der Waals surface area contributed by atoms with Gasteiger partial charge in [0.15, 0.2) is 0 Å². The molecule has 6 nitrogen and oxygen atoms in total. The SMILES string of the molecule is Cc1sc2nc(CC(=O)NN=C3Cc4ccccc4C3)[nH]c(=O)c2c1C. The second kappa shape index (κ2) is 6.49. The number of hydrogen-bond acceptors (Lipinski definition) is 5. The highest BCUT2D eigenvalue weighted by Crippen LogP contribution is 2.25. The van der Waals surface area contributed by atoms with Gasteiger partial charge in [-0.2, -0.15) is 5.10 Å². The number of nitrogens with one attached hydrogen (secondary N) is 2. The van der Waals surface area contributed by atoms with Crippen molar-refractivity contribution in [1.29, 1.82) is 0 Å². The predicted octanol–water partition coefficient (Wildman–Crippen LogP) is 2.41. The summed E-state index contributed by atoms with van der Waals surface area (Å²) in [6.07, 6.45) is 1.50. The van der Waals surface area contributed by atoms with Crippen LogP contribution in [0.25, 0.3) is 10.2 Å². The smallest absolute Gasteiger partial charge is 0.259 e. The van der Waals surface area contributed by atoms with Crippen molar-refractivity contribution in [2.45, 2.75) is 33.1 Å². The lowest BCUT2D eigenvalue weighted by Gasteiger charge is -2.02. The first-order valence-corrected chi connectivity index (χ1v) is 9.23. The maximum absolute atomic E-state index is 12.3. The van der Waals surface area contributed by atoms with Crippen LogP contribution in [0.5, 0.6) is 0 Å². The van der Waals surface area contributed by atoms with E-state index >= 15 is 0 Å². The Hall–Kier alpha value is -2.80. The molecule has 1 aromatic carbocycles. The predicted molar refractivity (Wildman–Crippen MR) is 103 cm³/mol. The minimum atomic E-state index is -0.291. The Bertz CT molecular complexity index is 1080. The van der Waals surface area contributed by atoms with Crippen LogP contribution >= 0.6 is 11.3 Å². The molecular weight excluding hydrogens is 348 g/mol. The Balaban J connectivity index is 1.47. The molecule has 0 radical (unpaired) electrons. The Kier molecular flexibility index (Phi) is 4.16. The lowest BCUT2D eigenvalue weighted by molar-refractivity contribution is -0.120. The summed E-state index contributed by atoms with van der Waals surface area (Å²) in [5.74, 6) is 0.0668. The zero-order valence-corrected chi connectivity index (χ0v) is 15.4. The number of nitrogens with zero attached hydrogens (tertiary/aromatic N) is 2. The van der Waals surface area contributed by atoms with Crippen molar-refractivity contribution in [3.8, 4) is 0 Å². The number of fused-ring (bicyclic) bond motifs is 2. The molecule has 0 saturated carbocycles. The van der Waals surface area contributed by atoms with Gasteiger partial charge in [0, 0.05) is 23.4 Å². The van der Waals surface area contributed by atoms with Crippen LogP contribution in [-0.2, 0) is 24.1 Å². The number of aromatic nitrogens is 2. The molecule has 1 aliphatic rings. The number of aryl methyl sites for hydroxylation is 2. The molecule has 0 atom stereocenters. The maximum Gasteiger partial charge on any atom is 0.259 e. The molecule has 2 N–H and O–H groups in total. The summed E-state index contributed by atoms with van der Waals surface area (Å²) in [7, 11) is 0. The highest BCUT2D eigenvalue weighted by molar-refractivity contribution is 7.18. The highest BCUT2D eigenvalue weighted by atomic mass is 32.1. The van der Waals surface area contributed by atoms with Gasteiger partial charge in [0.25, 0.3) is 5.56 Å². The largest absolute Gasteiger partial charge is 0.309 e. The van der Waals surface area contributed by atoms with Crippen molar-refractivity contribution in [3.63, 3.8) is 0 Å². The van der Waals surface area contributed by atoms with Crippen LogP contribution in [0.4, 0.5) is 0 Å². The Labute approximate surface area is 154 Å². The van der Waals surface area contributed by atoms with E-state index in [-0.39, 0.29) is 17.9 Å². The number of aromatic amines is 1. The topological polar surface area (TPSA) is 87.2 Å². The van der Waals surface area contributed by atoms with Crippen molar-refractivity contribution >= 4 is 33.2 Å². The fourth-order valence-corrected chi connectivity index (χ4v) is 4.25. The molecule has 0 bridgehead atoms. The number of thiophene rings is 1. The lowest BCUT2D eigenvalue weighted by atomic mass is 10.1. The number of amides is 1. The van der Waals surface area contributed by atoms with Gasteiger partial charge in [0.1, 0.15) is 10.7 Å². The molecule has 7 heteroatoms. The van der Waals surface area contributed by atoms with E-state index in [4.69, 9.17) is 0 Å². The van der Waals surface area contributed by atoms with Gasteiger partial charge in [-0.3, -0.25) is 9.59 Å². The van der Waals surface area contributed by atoms with Crippen LogP contribution in [0, 0.1) is 13.8 Å². The van der Waals surface area contributed by atoms with E-state index < -0.39 is 0 Å². The summed E-state index contributed by atoms with van der Waals surface area (Å²) < 4.78 is 0. The highest BCUT2D eigenvalue weighted by Gasteiger charge is 2.17. The average molecular weight is 366 g/mol. The summed E-state index contributed by atoms with van der Waals surface area (Å²) in [6.45, 7) is 3.87. The maximum atomic E-state index is 12.3. The molecular formula is C19H18N4O2S. The first kappa shape index (κ1) is 16.7. The molecule has 0 spiro atoms. The van der Waals surface area contributed by atoms with E-state index in [1.54, 1.807) is 0 Å². The zero-order valence-electron chi connectivity index (χ0n) is 14.5. The van der Waals surface area contributed by atoms with Crippen molar-refractivity contribution in [3.05, 3.63) is 62.0 Å². The molecule has 0 fully saturated rings. The van der Waals surface area contributed by atoms with E-state index in [0.717, 1.165) is 29.0 Å². The fraction of sp³-hybridized carbons (Fsp3) is 0.263. The van der Waals surface area contributed by atoms with Crippen LogP contribution in [0.2, 0.25) is 0 Å². The average Bonchev–Trinajstić information content (AvgIpc) is 3.14. The first-order chi connectivity index (χ1) is 12.5. The van der Waals surface area contributed by atoms with Crippen molar-refractivity contribution in [1.82, 2.24) is 15.4 Å². The van der Waals surface area contributed by atoms with E-state index in [9.17, 15) is 9.59 Å². The number of benzene rings is 1. The molecule has 1 amide bonds. The van der Waals surface area contributed by atoms with Crippen molar-refractivity contribution in [2.75, 3.05) is 0 Å². The van der Waals surface area contributed by atoms with Gasteiger partial charge in [-0.15, -0.1) is 11.3 Å².